The largest absolute Gasteiger partial charge is 0.336 e. The predicted octanol–water partition coefficient (Wildman–Crippen LogP) is 6.59. The Kier molecular flexibility index (Phi) is 8.18. The standard InChI is InChI=1S/C32H43ClN4O/c1-22(2)20-34-12-10-25(11-13-34)29-21-37(27-8-6-24(5)30(33)19-27)31-18-26(7-9-28(29)31)32(38)36-16-14-35(15-17-36)23(3)4/h6-9,18-19,21-23,25H,10-17,20H2,1-5H3. The Labute approximate surface area is 233 Å². The first-order valence-electron chi connectivity index (χ1n) is 14.4. The zero-order valence-electron chi connectivity index (χ0n) is 23.7. The van der Waals surface area contributed by atoms with E-state index < -0.39 is 0 Å². The summed E-state index contributed by atoms with van der Waals surface area (Å²) < 4.78 is 2.25. The molecule has 0 saturated carbocycles. The van der Waals surface area contributed by atoms with Crippen molar-refractivity contribution in [3.63, 3.8) is 0 Å². The van der Waals surface area contributed by atoms with Crippen molar-refractivity contribution in [1.29, 1.82) is 0 Å². The van der Waals surface area contributed by atoms with Gasteiger partial charge in [0.15, 0.2) is 0 Å². The molecule has 38 heavy (non-hydrogen) atoms. The average Bonchev–Trinajstić information content (AvgIpc) is 3.29. The molecule has 6 heteroatoms. The van der Waals surface area contributed by atoms with Gasteiger partial charge in [-0.05, 0) is 93.9 Å². The van der Waals surface area contributed by atoms with Crippen LogP contribution < -0.4 is 0 Å². The monoisotopic (exact) mass is 534 g/mol. The highest BCUT2D eigenvalue weighted by molar-refractivity contribution is 6.31. The van der Waals surface area contributed by atoms with Crippen molar-refractivity contribution in [2.45, 2.75) is 59.4 Å². The van der Waals surface area contributed by atoms with Crippen molar-refractivity contribution in [3.05, 3.63) is 64.3 Å². The lowest BCUT2D eigenvalue weighted by atomic mass is 9.88. The smallest absolute Gasteiger partial charge is 0.254 e. The molecule has 2 fully saturated rings. The number of hydrogen-bond donors (Lipinski definition) is 0. The molecule has 1 aromatic heterocycles. The molecular formula is C32H43ClN4O. The second-order valence-electron chi connectivity index (χ2n) is 12.0. The molecule has 3 heterocycles. The maximum absolute atomic E-state index is 13.6. The molecule has 5 nitrogen and oxygen atoms in total. The summed E-state index contributed by atoms with van der Waals surface area (Å²) in [6, 6.07) is 13.1. The van der Waals surface area contributed by atoms with Crippen LogP contribution in [0.4, 0.5) is 0 Å². The van der Waals surface area contributed by atoms with Gasteiger partial charge in [-0.3, -0.25) is 9.69 Å². The number of amides is 1. The molecule has 2 aromatic carbocycles. The number of fused-ring (bicyclic) bond motifs is 1. The minimum absolute atomic E-state index is 0.133. The average molecular weight is 535 g/mol. The Bertz CT molecular complexity index is 1280. The van der Waals surface area contributed by atoms with Gasteiger partial charge in [-0.2, -0.15) is 0 Å². The summed E-state index contributed by atoms with van der Waals surface area (Å²) in [4.78, 5) is 20.6. The summed E-state index contributed by atoms with van der Waals surface area (Å²) in [5, 5.41) is 2.02. The van der Waals surface area contributed by atoms with E-state index in [4.69, 9.17) is 11.6 Å². The normalized spacial score (nSPS) is 18.3. The number of hydrogen-bond acceptors (Lipinski definition) is 3. The summed E-state index contributed by atoms with van der Waals surface area (Å²) >= 11 is 6.56. The van der Waals surface area contributed by atoms with Crippen molar-refractivity contribution >= 4 is 28.4 Å². The summed E-state index contributed by atoms with van der Waals surface area (Å²) in [6.45, 7) is 18.0. The molecule has 0 N–H and O–H groups in total. The fraction of sp³-hybridized carbons (Fsp3) is 0.531. The number of carbonyl (C=O) groups is 1. The lowest BCUT2D eigenvalue weighted by Crippen LogP contribution is -2.50. The summed E-state index contributed by atoms with van der Waals surface area (Å²) in [5.41, 5.74) is 5.37. The van der Waals surface area contributed by atoms with Crippen LogP contribution >= 0.6 is 11.6 Å². The first-order chi connectivity index (χ1) is 18.2. The first kappa shape index (κ1) is 27.2. The van der Waals surface area contributed by atoms with Gasteiger partial charge in [0.1, 0.15) is 0 Å². The molecule has 5 rings (SSSR count). The van der Waals surface area contributed by atoms with Crippen LogP contribution in [-0.4, -0.2) is 77.0 Å². The number of aryl methyl sites for hydroxylation is 1. The third-order valence-corrected chi connectivity index (χ3v) is 8.91. The second-order valence-corrected chi connectivity index (χ2v) is 12.4. The molecule has 1 amide bonds. The van der Waals surface area contributed by atoms with E-state index in [2.05, 4.69) is 72.5 Å². The van der Waals surface area contributed by atoms with E-state index in [-0.39, 0.29) is 5.91 Å². The Morgan fingerprint density at radius 2 is 1.66 bits per heavy atom. The molecule has 0 spiro atoms. The lowest BCUT2D eigenvalue weighted by molar-refractivity contribution is 0.0595. The number of piperazine rings is 1. The van der Waals surface area contributed by atoms with E-state index >= 15 is 0 Å². The fourth-order valence-corrected chi connectivity index (χ4v) is 6.40. The lowest BCUT2D eigenvalue weighted by Gasteiger charge is -2.37. The number of nitrogens with zero attached hydrogens (tertiary/aromatic N) is 4. The van der Waals surface area contributed by atoms with Crippen LogP contribution in [0.5, 0.6) is 0 Å². The molecule has 0 unspecified atom stereocenters. The van der Waals surface area contributed by atoms with Gasteiger partial charge < -0.3 is 14.4 Å². The van der Waals surface area contributed by atoms with E-state index in [9.17, 15) is 4.79 Å². The van der Waals surface area contributed by atoms with Crippen LogP contribution in [-0.2, 0) is 0 Å². The molecule has 0 aliphatic carbocycles. The zero-order valence-corrected chi connectivity index (χ0v) is 24.5. The quantitative estimate of drug-likeness (QED) is 0.357. The minimum atomic E-state index is 0.133. The molecule has 3 aromatic rings. The number of halogens is 1. The molecule has 204 valence electrons. The molecule has 0 bridgehead atoms. The molecule has 2 aliphatic heterocycles. The van der Waals surface area contributed by atoms with Gasteiger partial charge in [0.25, 0.3) is 5.91 Å². The SMILES string of the molecule is Cc1ccc(-n2cc(C3CCN(CC(C)C)CC3)c3ccc(C(=O)N4CCN(C(C)C)CC4)cc32)cc1Cl. The van der Waals surface area contributed by atoms with Crippen LogP contribution in [0.1, 0.15) is 67.9 Å². The number of likely N-dealkylation sites (tertiary alicyclic amines) is 1. The minimum Gasteiger partial charge on any atom is -0.336 e. The van der Waals surface area contributed by atoms with Gasteiger partial charge in [0.2, 0.25) is 0 Å². The Morgan fingerprint density at radius 1 is 0.947 bits per heavy atom. The van der Waals surface area contributed by atoms with Crippen molar-refractivity contribution in [2.75, 3.05) is 45.8 Å². The fourth-order valence-electron chi connectivity index (χ4n) is 6.22. The van der Waals surface area contributed by atoms with Crippen LogP contribution in [0.3, 0.4) is 0 Å². The number of aromatic nitrogens is 1. The Hall–Kier alpha value is -2.34. The van der Waals surface area contributed by atoms with Crippen LogP contribution in [0.15, 0.2) is 42.6 Å². The molecule has 0 radical (unpaired) electrons. The summed E-state index contributed by atoms with van der Waals surface area (Å²) in [6.07, 6.45) is 4.65. The summed E-state index contributed by atoms with van der Waals surface area (Å²) in [5.74, 6) is 1.35. The Morgan fingerprint density at radius 3 is 2.29 bits per heavy atom. The highest BCUT2D eigenvalue weighted by Gasteiger charge is 2.27. The van der Waals surface area contributed by atoms with E-state index in [1.807, 2.05) is 24.0 Å². The first-order valence-corrected chi connectivity index (χ1v) is 14.8. The molecule has 0 atom stereocenters. The topological polar surface area (TPSA) is 31.7 Å². The van der Waals surface area contributed by atoms with E-state index in [1.165, 1.54) is 30.3 Å². The summed E-state index contributed by atoms with van der Waals surface area (Å²) in [7, 11) is 0. The third kappa shape index (κ3) is 5.66. The van der Waals surface area contributed by atoms with Crippen LogP contribution in [0.2, 0.25) is 5.02 Å². The number of carbonyl (C=O) groups excluding carboxylic acids is 1. The van der Waals surface area contributed by atoms with Crippen molar-refractivity contribution in [2.24, 2.45) is 5.92 Å². The zero-order chi connectivity index (χ0) is 27.0. The van der Waals surface area contributed by atoms with Crippen LogP contribution in [0, 0.1) is 12.8 Å². The van der Waals surface area contributed by atoms with Gasteiger partial charge in [-0.1, -0.05) is 37.6 Å². The van der Waals surface area contributed by atoms with Crippen molar-refractivity contribution in [1.82, 2.24) is 19.3 Å². The van der Waals surface area contributed by atoms with Gasteiger partial charge in [0, 0.05) is 66.6 Å². The maximum Gasteiger partial charge on any atom is 0.254 e. The van der Waals surface area contributed by atoms with E-state index in [1.54, 1.807) is 0 Å². The highest BCUT2D eigenvalue weighted by atomic mass is 35.5. The number of rotatable bonds is 6. The van der Waals surface area contributed by atoms with E-state index in [0.29, 0.717) is 17.9 Å². The van der Waals surface area contributed by atoms with Gasteiger partial charge in [-0.15, -0.1) is 0 Å². The molecular weight excluding hydrogens is 492 g/mol. The van der Waals surface area contributed by atoms with Gasteiger partial charge >= 0.3 is 0 Å². The van der Waals surface area contributed by atoms with E-state index in [0.717, 1.165) is 66.6 Å². The van der Waals surface area contributed by atoms with Gasteiger partial charge in [-0.25, -0.2) is 0 Å². The van der Waals surface area contributed by atoms with Crippen molar-refractivity contribution in [3.8, 4) is 5.69 Å². The van der Waals surface area contributed by atoms with Gasteiger partial charge in [0.05, 0.1) is 5.52 Å². The van der Waals surface area contributed by atoms with Crippen LogP contribution in [0.25, 0.3) is 16.6 Å². The van der Waals surface area contributed by atoms with Crippen molar-refractivity contribution < 1.29 is 4.79 Å². The predicted molar refractivity (Wildman–Crippen MR) is 159 cm³/mol. The highest BCUT2D eigenvalue weighted by Crippen LogP contribution is 2.37. The number of piperidine rings is 1. The Balaban J connectivity index is 1.48. The third-order valence-electron chi connectivity index (χ3n) is 8.50. The molecule has 2 saturated heterocycles. The number of benzene rings is 2. The molecule has 2 aliphatic rings. The maximum atomic E-state index is 13.6. The second kappa shape index (κ2) is 11.4.